The van der Waals surface area contributed by atoms with Gasteiger partial charge in [0.25, 0.3) is 0 Å². The van der Waals surface area contributed by atoms with Gasteiger partial charge < -0.3 is 8.83 Å². The third kappa shape index (κ3) is 0.563. The van der Waals surface area contributed by atoms with Crippen molar-refractivity contribution in [2.45, 2.75) is 0 Å². The molecule has 0 aromatic carbocycles. The van der Waals surface area contributed by atoms with Crippen LogP contribution in [0.4, 0.5) is 0 Å². The highest BCUT2D eigenvalue weighted by atomic mass is 32.1. The summed E-state index contributed by atoms with van der Waals surface area (Å²) >= 11 is 1.61. The number of hydrogen-bond acceptors (Lipinski definition) is 3. The molecule has 0 atom stereocenters. The minimum absolute atomic E-state index is 0.943. The predicted octanol–water partition coefficient (Wildman–Crippen LogP) is 3.24. The lowest BCUT2D eigenvalue weighted by molar-refractivity contribution is 0.617. The fraction of sp³-hybridized carbons (Fsp3) is 0. The monoisotopic (exact) mass is 164 g/mol. The molecule has 0 N–H and O–H groups in total. The molecule has 3 rings (SSSR count). The Morgan fingerprint density at radius 1 is 1.09 bits per heavy atom. The number of hydrogen-bond donors (Lipinski definition) is 0. The van der Waals surface area contributed by atoms with Crippen LogP contribution in [0.2, 0.25) is 0 Å². The van der Waals surface area contributed by atoms with Gasteiger partial charge in [0, 0.05) is 0 Å². The van der Waals surface area contributed by atoms with Crippen LogP contribution in [0.25, 0.3) is 20.6 Å². The molecule has 0 aliphatic heterocycles. The maximum atomic E-state index is 5.28. The molecule has 3 heteroatoms. The van der Waals surface area contributed by atoms with E-state index in [-0.39, 0.29) is 0 Å². The first-order chi connectivity index (χ1) is 5.45. The Balaban J connectivity index is 2.75. The van der Waals surface area contributed by atoms with Crippen LogP contribution in [0, 0.1) is 0 Å². The zero-order valence-corrected chi connectivity index (χ0v) is 6.35. The van der Waals surface area contributed by atoms with Crippen molar-refractivity contribution in [1.82, 2.24) is 0 Å². The molecule has 0 saturated heterocycles. The maximum absolute atomic E-state index is 5.28. The van der Waals surface area contributed by atoms with E-state index in [0.717, 1.165) is 20.6 Å². The molecular formula is C8H4O2S. The van der Waals surface area contributed by atoms with Crippen molar-refractivity contribution in [3.63, 3.8) is 0 Å². The van der Waals surface area contributed by atoms with Crippen molar-refractivity contribution in [2.75, 3.05) is 0 Å². The summed E-state index contributed by atoms with van der Waals surface area (Å²) in [5.74, 6) is 0. The number of thiophene rings is 1. The molecule has 3 heterocycles. The molecule has 0 unspecified atom stereocenters. The van der Waals surface area contributed by atoms with Gasteiger partial charge >= 0.3 is 0 Å². The molecule has 2 nitrogen and oxygen atoms in total. The van der Waals surface area contributed by atoms with Crippen molar-refractivity contribution in [3.05, 3.63) is 24.7 Å². The predicted molar refractivity (Wildman–Crippen MR) is 43.9 cm³/mol. The Labute approximate surface area is 66.0 Å². The van der Waals surface area contributed by atoms with E-state index in [4.69, 9.17) is 8.83 Å². The van der Waals surface area contributed by atoms with Crippen LogP contribution in [0.3, 0.4) is 0 Å². The van der Waals surface area contributed by atoms with Crippen molar-refractivity contribution in [2.24, 2.45) is 0 Å². The molecule has 3 aromatic heterocycles. The minimum Gasteiger partial charge on any atom is -0.463 e. The van der Waals surface area contributed by atoms with E-state index in [1.165, 1.54) is 0 Å². The Morgan fingerprint density at radius 2 is 2.00 bits per heavy atom. The number of fused-ring (bicyclic) bond motifs is 3. The molecule has 0 aliphatic carbocycles. The Bertz CT molecular complexity index is 455. The average molecular weight is 164 g/mol. The van der Waals surface area contributed by atoms with Gasteiger partial charge in [-0.05, 0) is 12.1 Å². The summed E-state index contributed by atoms with van der Waals surface area (Å²) in [6, 6.07) is 3.88. The average Bonchev–Trinajstić information content (AvgIpc) is 2.52. The maximum Gasteiger partial charge on any atom is 0.191 e. The van der Waals surface area contributed by atoms with Crippen LogP contribution in [-0.2, 0) is 0 Å². The van der Waals surface area contributed by atoms with Crippen molar-refractivity contribution >= 4 is 31.9 Å². The first-order valence-electron chi connectivity index (χ1n) is 3.28. The normalized spacial score (nSPS) is 11.6. The number of rotatable bonds is 0. The fourth-order valence-electron chi connectivity index (χ4n) is 1.22. The minimum atomic E-state index is 0.943. The van der Waals surface area contributed by atoms with E-state index in [1.54, 1.807) is 23.9 Å². The molecule has 0 saturated carbocycles. The van der Waals surface area contributed by atoms with Crippen LogP contribution < -0.4 is 0 Å². The third-order valence-electron chi connectivity index (χ3n) is 1.71. The molecule has 0 fully saturated rings. The van der Waals surface area contributed by atoms with Gasteiger partial charge in [0.1, 0.15) is 0 Å². The fourth-order valence-corrected chi connectivity index (χ4v) is 2.17. The summed E-state index contributed by atoms with van der Waals surface area (Å²) < 4.78 is 11.7. The topological polar surface area (TPSA) is 26.3 Å². The van der Waals surface area contributed by atoms with Crippen molar-refractivity contribution in [3.8, 4) is 0 Å². The van der Waals surface area contributed by atoms with Crippen LogP contribution in [0.15, 0.2) is 33.5 Å². The Kier molecular flexibility index (Phi) is 0.830. The van der Waals surface area contributed by atoms with Gasteiger partial charge in [-0.15, -0.1) is 0 Å². The van der Waals surface area contributed by atoms with Gasteiger partial charge in [-0.2, -0.15) is 0 Å². The number of furan rings is 2. The second-order valence-electron chi connectivity index (χ2n) is 2.34. The van der Waals surface area contributed by atoms with Gasteiger partial charge in [0.05, 0.1) is 22.6 Å². The van der Waals surface area contributed by atoms with Crippen LogP contribution >= 0.6 is 11.3 Å². The highest BCUT2D eigenvalue weighted by Gasteiger charge is 2.08. The smallest absolute Gasteiger partial charge is 0.191 e. The standard InChI is InChI=1S/C8H4O2S/c1-3-10-8-5(1)7-6(11-8)2-4-9-7/h1-4H. The van der Waals surface area contributed by atoms with E-state index >= 15 is 0 Å². The first kappa shape index (κ1) is 5.43. The van der Waals surface area contributed by atoms with Gasteiger partial charge in [-0.1, -0.05) is 11.3 Å². The van der Waals surface area contributed by atoms with Gasteiger partial charge in [-0.25, -0.2) is 0 Å². The molecule has 0 radical (unpaired) electrons. The molecular weight excluding hydrogens is 160 g/mol. The summed E-state index contributed by atoms with van der Waals surface area (Å²) in [4.78, 5) is 0.944. The Morgan fingerprint density at radius 3 is 3.00 bits per heavy atom. The van der Waals surface area contributed by atoms with Gasteiger partial charge in [-0.3, -0.25) is 0 Å². The van der Waals surface area contributed by atoms with Gasteiger partial charge in [0.15, 0.2) is 10.5 Å². The summed E-state index contributed by atoms with van der Waals surface area (Å²) in [5.41, 5.74) is 0.943. The molecule has 0 spiro atoms. The first-order valence-corrected chi connectivity index (χ1v) is 4.10. The van der Waals surface area contributed by atoms with Crippen molar-refractivity contribution in [1.29, 1.82) is 0 Å². The van der Waals surface area contributed by atoms with Crippen LogP contribution in [0.5, 0.6) is 0 Å². The van der Waals surface area contributed by atoms with Crippen LogP contribution in [0.1, 0.15) is 0 Å². The van der Waals surface area contributed by atoms with E-state index in [9.17, 15) is 0 Å². The summed E-state index contributed by atoms with van der Waals surface area (Å²) in [6.07, 6.45) is 3.39. The highest BCUT2D eigenvalue weighted by Crippen LogP contribution is 2.34. The van der Waals surface area contributed by atoms with Crippen LogP contribution in [-0.4, -0.2) is 0 Å². The van der Waals surface area contributed by atoms with E-state index in [1.807, 2.05) is 12.1 Å². The zero-order valence-electron chi connectivity index (χ0n) is 5.53. The summed E-state index contributed by atoms with van der Waals surface area (Å²) in [5, 5.41) is 1.08. The molecule has 0 aliphatic rings. The molecule has 54 valence electrons. The molecule has 3 aromatic rings. The zero-order chi connectivity index (χ0) is 7.26. The summed E-state index contributed by atoms with van der Waals surface area (Å²) in [6.45, 7) is 0. The second kappa shape index (κ2) is 1.68. The lowest BCUT2D eigenvalue weighted by Gasteiger charge is -1.71. The Hall–Kier alpha value is -1.22. The lowest BCUT2D eigenvalue weighted by Crippen LogP contribution is -1.46. The largest absolute Gasteiger partial charge is 0.463 e. The summed E-state index contributed by atoms with van der Waals surface area (Å²) in [7, 11) is 0. The van der Waals surface area contributed by atoms with Crippen molar-refractivity contribution < 1.29 is 8.83 Å². The molecule has 11 heavy (non-hydrogen) atoms. The SMILES string of the molecule is c1cc2c(o1)sc1ccoc12. The quantitative estimate of drug-likeness (QED) is 0.509. The van der Waals surface area contributed by atoms with Gasteiger partial charge in [0.2, 0.25) is 0 Å². The van der Waals surface area contributed by atoms with E-state index in [0.29, 0.717) is 0 Å². The third-order valence-corrected chi connectivity index (χ3v) is 2.75. The van der Waals surface area contributed by atoms with E-state index < -0.39 is 0 Å². The lowest BCUT2D eigenvalue weighted by atomic mass is 10.4. The molecule has 0 amide bonds. The molecule has 0 bridgehead atoms. The second-order valence-corrected chi connectivity index (χ2v) is 3.35. The van der Waals surface area contributed by atoms with E-state index in [2.05, 4.69) is 0 Å². The highest BCUT2D eigenvalue weighted by molar-refractivity contribution is 7.25.